The molecule has 4 rings (SSSR count). The molecule has 0 aliphatic rings. The van der Waals surface area contributed by atoms with Gasteiger partial charge in [0.25, 0.3) is 5.91 Å². The summed E-state index contributed by atoms with van der Waals surface area (Å²) in [4.78, 5) is 22.6. The maximum atomic E-state index is 13.2. The third-order valence-electron chi connectivity index (χ3n) is 4.90. The van der Waals surface area contributed by atoms with Crippen molar-refractivity contribution >= 4 is 23.1 Å². The van der Waals surface area contributed by atoms with Gasteiger partial charge in [-0.2, -0.15) is 9.78 Å². The molecule has 0 fully saturated rings. The standard InChI is InChI=1S/C24H24FN5OS/c1-15-22(32-21(27-15)13-16-8-10-17(25)11-9-16)23(31)28-20-14-18(24(2,3)4)29-30(20)19-7-5-6-12-26-19/h5-12,14H,13H2,1-4H3,(H,28,31). The topological polar surface area (TPSA) is 72.7 Å². The lowest BCUT2D eigenvalue weighted by molar-refractivity contribution is 0.102. The number of rotatable bonds is 5. The molecule has 8 heteroatoms. The SMILES string of the molecule is Cc1nc(Cc2ccc(F)cc2)sc1C(=O)Nc1cc(C(C)(C)C)nn1-c1ccccn1. The number of nitrogens with one attached hydrogen (secondary N) is 1. The van der Waals surface area contributed by atoms with Crippen LogP contribution < -0.4 is 5.32 Å². The van der Waals surface area contributed by atoms with Gasteiger partial charge in [-0.05, 0) is 36.8 Å². The molecule has 4 aromatic rings. The number of carbonyl (C=O) groups excluding carboxylic acids is 1. The van der Waals surface area contributed by atoms with Gasteiger partial charge in [0.15, 0.2) is 5.82 Å². The molecule has 6 nitrogen and oxygen atoms in total. The van der Waals surface area contributed by atoms with Crippen LogP contribution in [0.1, 0.15) is 52.4 Å². The summed E-state index contributed by atoms with van der Waals surface area (Å²) in [5, 5.41) is 8.47. The summed E-state index contributed by atoms with van der Waals surface area (Å²) in [5.74, 6) is 0.647. The first-order chi connectivity index (χ1) is 15.2. The fourth-order valence-corrected chi connectivity index (χ4v) is 4.17. The van der Waals surface area contributed by atoms with E-state index in [1.807, 2.05) is 31.2 Å². The van der Waals surface area contributed by atoms with E-state index in [-0.39, 0.29) is 17.1 Å². The molecule has 164 valence electrons. The molecule has 0 aliphatic carbocycles. The minimum Gasteiger partial charge on any atom is -0.306 e. The Balaban J connectivity index is 1.61. The predicted octanol–water partition coefficient (Wildman–Crippen LogP) is 5.31. The smallest absolute Gasteiger partial charge is 0.268 e. The van der Waals surface area contributed by atoms with Gasteiger partial charge in [0, 0.05) is 24.1 Å². The van der Waals surface area contributed by atoms with Gasteiger partial charge in [-0.15, -0.1) is 11.3 Å². The highest BCUT2D eigenvalue weighted by Gasteiger charge is 2.23. The van der Waals surface area contributed by atoms with Gasteiger partial charge < -0.3 is 5.32 Å². The molecule has 3 aromatic heterocycles. The maximum absolute atomic E-state index is 13.2. The van der Waals surface area contributed by atoms with Gasteiger partial charge in [-0.1, -0.05) is 39.0 Å². The van der Waals surface area contributed by atoms with E-state index in [4.69, 9.17) is 0 Å². The van der Waals surface area contributed by atoms with Crippen LogP contribution in [0.15, 0.2) is 54.7 Å². The number of thiazole rings is 1. The van der Waals surface area contributed by atoms with Crippen LogP contribution in [0.2, 0.25) is 0 Å². The van der Waals surface area contributed by atoms with Crippen LogP contribution in [0.25, 0.3) is 5.82 Å². The minimum absolute atomic E-state index is 0.192. The Labute approximate surface area is 190 Å². The highest BCUT2D eigenvalue weighted by atomic mass is 32.1. The van der Waals surface area contributed by atoms with Crippen molar-refractivity contribution in [3.63, 3.8) is 0 Å². The molecular weight excluding hydrogens is 425 g/mol. The molecule has 0 unspecified atom stereocenters. The molecule has 0 bridgehead atoms. The molecule has 3 heterocycles. The first-order valence-corrected chi connectivity index (χ1v) is 11.1. The molecule has 0 radical (unpaired) electrons. The van der Waals surface area contributed by atoms with Crippen molar-refractivity contribution in [2.75, 3.05) is 5.32 Å². The van der Waals surface area contributed by atoms with Crippen molar-refractivity contribution < 1.29 is 9.18 Å². The number of pyridine rings is 1. The molecule has 0 spiro atoms. The van der Waals surface area contributed by atoms with Gasteiger partial charge in [-0.25, -0.2) is 14.4 Å². The number of hydrogen-bond acceptors (Lipinski definition) is 5. The Hall–Kier alpha value is -3.39. The molecule has 1 aromatic carbocycles. The number of halogens is 1. The minimum atomic E-state index is -0.275. The highest BCUT2D eigenvalue weighted by Crippen LogP contribution is 2.27. The normalized spacial score (nSPS) is 11.5. The van der Waals surface area contributed by atoms with Crippen LogP contribution in [-0.2, 0) is 11.8 Å². The number of aryl methyl sites for hydroxylation is 1. The van der Waals surface area contributed by atoms with Crippen LogP contribution >= 0.6 is 11.3 Å². The zero-order valence-corrected chi connectivity index (χ0v) is 19.2. The number of hydrogen-bond donors (Lipinski definition) is 1. The molecule has 32 heavy (non-hydrogen) atoms. The molecule has 1 N–H and O–H groups in total. The molecule has 0 saturated heterocycles. The van der Waals surface area contributed by atoms with Gasteiger partial charge in [0.1, 0.15) is 16.5 Å². The number of anilines is 1. The number of benzene rings is 1. The molecule has 0 aliphatic heterocycles. The van der Waals surface area contributed by atoms with Crippen LogP contribution in [-0.4, -0.2) is 25.7 Å². The summed E-state index contributed by atoms with van der Waals surface area (Å²) < 4.78 is 14.8. The van der Waals surface area contributed by atoms with E-state index in [2.05, 4.69) is 41.2 Å². The molecule has 0 atom stereocenters. The average molecular weight is 450 g/mol. The zero-order valence-electron chi connectivity index (χ0n) is 18.4. The summed E-state index contributed by atoms with van der Waals surface area (Å²) in [5.41, 5.74) is 2.25. The largest absolute Gasteiger partial charge is 0.306 e. The van der Waals surface area contributed by atoms with Crippen molar-refractivity contribution in [3.8, 4) is 5.82 Å². The highest BCUT2D eigenvalue weighted by molar-refractivity contribution is 7.14. The number of aromatic nitrogens is 4. The van der Waals surface area contributed by atoms with E-state index >= 15 is 0 Å². The summed E-state index contributed by atoms with van der Waals surface area (Å²) >= 11 is 1.34. The van der Waals surface area contributed by atoms with E-state index < -0.39 is 0 Å². The van der Waals surface area contributed by atoms with Gasteiger partial charge in [0.2, 0.25) is 0 Å². The van der Waals surface area contributed by atoms with Crippen molar-refractivity contribution in [2.24, 2.45) is 0 Å². The van der Waals surface area contributed by atoms with Gasteiger partial charge in [-0.3, -0.25) is 4.79 Å². The molecular formula is C24H24FN5OS. The first-order valence-electron chi connectivity index (χ1n) is 10.2. The lowest BCUT2D eigenvalue weighted by atomic mass is 9.92. The van der Waals surface area contributed by atoms with Crippen LogP contribution in [0.3, 0.4) is 0 Å². The quantitative estimate of drug-likeness (QED) is 0.448. The average Bonchev–Trinajstić information content (AvgIpc) is 3.34. The number of amides is 1. The first kappa shape index (κ1) is 21.8. The van der Waals surface area contributed by atoms with Gasteiger partial charge >= 0.3 is 0 Å². The summed E-state index contributed by atoms with van der Waals surface area (Å²) in [6.45, 7) is 8.02. The summed E-state index contributed by atoms with van der Waals surface area (Å²) in [7, 11) is 0. The van der Waals surface area contributed by atoms with E-state index in [1.54, 1.807) is 23.0 Å². The van der Waals surface area contributed by atoms with Gasteiger partial charge in [0.05, 0.1) is 16.4 Å². The summed E-state index contributed by atoms with van der Waals surface area (Å²) in [6.07, 6.45) is 2.23. The second kappa shape index (κ2) is 8.63. The lowest BCUT2D eigenvalue weighted by Gasteiger charge is -2.13. The Morgan fingerprint density at radius 1 is 1.16 bits per heavy atom. The summed E-state index contributed by atoms with van der Waals surface area (Å²) in [6, 6.07) is 13.7. The van der Waals surface area contributed by atoms with Crippen LogP contribution in [0, 0.1) is 12.7 Å². The monoisotopic (exact) mass is 449 g/mol. The van der Waals surface area contributed by atoms with Crippen molar-refractivity contribution in [1.29, 1.82) is 0 Å². The Bertz CT molecular complexity index is 1240. The fourth-order valence-electron chi connectivity index (χ4n) is 3.18. The van der Waals surface area contributed by atoms with Crippen molar-refractivity contribution in [3.05, 3.63) is 87.4 Å². The fraction of sp³-hybridized carbons (Fsp3) is 0.250. The Morgan fingerprint density at radius 2 is 1.91 bits per heavy atom. The Morgan fingerprint density at radius 3 is 2.56 bits per heavy atom. The zero-order chi connectivity index (χ0) is 22.9. The molecule has 1 amide bonds. The van der Waals surface area contributed by atoms with Crippen molar-refractivity contribution in [2.45, 2.75) is 39.5 Å². The second-order valence-corrected chi connectivity index (χ2v) is 9.63. The van der Waals surface area contributed by atoms with E-state index in [9.17, 15) is 9.18 Å². The maximum Gasteiger partial charge on any atom is 0.268 e. The number of nitrogens with zero attached hydrogens (tertiary/aromatic N) is 4. The lowest BCUT2D eigenvalue weighted by Crippen LogP contribution is -2.15. The van der Waals surface area contributed by atoms with Crippen LogP contribution in [0.4, 0.5) is 10.2 Å². The van der Waals surface area contributed by atoms with Crippen LogP contribution in [0.5, 0.6) is 0 Å². The Kier molecular flexibility index (Phi) is 5.88. The molecule has 0 saturated carbocycles. The number of carbonyl (C=O) groups is 1. The predicted molar refractivity (Wildman–Crippen MR) is 124 cm³/mol. The van der Waals surface area contributed by atoms with E-state index in [0.29, 0.717) is 28.6 Å². The second-order valence-electron chi connectivity index (χ2n) is 8.54. The third kappa shape index (κ3) is 4.75. The third-order valence-corrected chi connectivity index (χ3v) is 6.06. The van der Waals surface area contributed by atoms with Crippen molar-refractivity contribution in [1.82, 2.24) is 19.7 Å². The van der Waals surface area contributed by atoms with E-state index in [1.165, 1.54) is 23.5 Å². The van der Waals surface area contributed by atoms with E-state index in [0.717, 1.165) is 16.3 Å².